The highest BCUT2D eigenvalue weighted by Gasteiger charge is 1.90. The molecule has 0 aromatic heterocycles. The fourth-order valence-electron chi connectivity index (χ4n) is 0.455. The topological polar surface area (TPSA) is 47.6 Å². The zero-order valence-electron chi connectivity index (χ0n) is 5.39. The first-order valence-corrected chi connectivity index (χ1v) is 2.77. The van der Waals surface area contributed by atoms with E-state index in [9.17, 15) is 0 Å². The quantitative estimate of drug-likeness (QED) is 0.521. The van der Waals surface area contributed by atoms with E-state index in [0.29, 0.717) is 18.4 Å². The van der Waals surface area contributed by atoms with Gasteiger partial charge in [0.15, 0.2) is 0 Å². The summed E-state index contributed by atoms with van der Waals surface area (Å²) in [5, 5.41) is 16.4. The number of hydrogen-bond acceptors (Lipinski definition) is 2. The average molecular weight is 120 g/mol. The van der Waals surface area contributed by atoms with Crippen molar-refractivity contribution in [2.24, 2.45) is 0 Å². The lowest BCUT2D eigenvalue weighted by molar-refractivity contribution is 1.02. The van der Waals surface area contributed by atoms with E-state index in [0.717, 1.165) is 0 Å². The van der Waals surface area contributed by atoms with Gasteiger partial charge in [-0.25, -0.2) is 0 Å². The maximum Gasteiger partial charge on any atom is 0.0943 e. The molecule has 0 radical (unpaired) electrons. The summed E-state index contributed by atoms with van der Waals surface area (Å²) in [6.45, 7) is 1.80. The molecule has 46 valence electrons. The average Bonchev–Trinajstić information content (AvgIpc) is 1.91. The summed E-state index contributed by atoms with van der Waals surface area (Å²) in [5.41, 5.74) is 0.691. The summed E-state index contributed by atoms with van der Waals surface area (Å²) in [5.74, 6) is 0. The molecule has 0 amide bonds. The largest absolute Gasteiger partial charge is 0.198 e. The third kappa shape index (κ3) is 3.32. The highest BCUT2D eigenvalue weighted by molar-refractivity contribution is 5.19. The maximum absolute atomic E-state index is 8.32. The van der Waals surface area contributed by atoms with Crippen LogP contribution < -0.4 is 0 Å². The molecule has 0 unspecified atom stereocenters. The molecule has 0 aromatic carbocycles. The molecule has 0 rings (SSSR count). The number of rotatable bonds is 2. The first-order chi connectivity index (χ1) is 4.35. The van der Waals surface area contributed by atoms with E-state index >= 15 is 0 Å². The first kappa shape index (κ1) is 7.72. The van der Waals surface area contributed by atoms with Gasteiger partial charge in [0.25, 0.3) is 0 Å². The zero-order valence-corrected chi connectivity index (χ0v) is 5.39. The predicted molar refractivity (Wildman–Crippen MR) is 34.2 cm³/mol. The molecular formula is C7H8N2. The SMILES string of the molecule is CC=C(C#N)CCC#N. The monoisotopic (exact) mass is 120 g/mol. The number of hydrogen-bond donors (Lipinski definition) is 0. The van der Waals surface area contributed by atoms with Crippen molar-refractivity contribution in [3.8, 4) is 12.1 Å². The lowest BCUT2D eigenvalue weighted by Gasteiger charge is -1.86. The van der Waals surface area contributed by atoms with Gasteiger partial charge >= 0.3 is 0 Å². The summed E-state index contributed by atoms with van der Waals surface area (Å²) in [6.07, 6.45) is 2.76. The van der Waals surface area contributed by atoms with Crippen molar-refractivity contribution in [3.63, 3.8) is 0 Å². The van der Waals surface area contributed by atoms with Crippen LogP contribution in [0, 0.1) is 22.7 Å². The Morgan fingerprint density at radius 2 is 2.22 bits per heavy atom. The van der Waals surface area contributed by atoms with Gasteiger partial charge in [-0.3, -0.25) is 0 Å². The minimum atomic E-state index is 0.438. The molecule has 2 nitrogen and oxygen atoms in total. The van der Waals surface area contributed by atoms with Gasteiger partial charge in [-0.15, -0.1) is 0 Å². The fourth-order valence-corrected chi connectivity index (χ4v) is 0.455. The van der Waals surface area contributed by atoms with Crippen molar-refractivity contribution in [2.45, 2.75) is 19.8 Å². The molecule has 2 heteroatoms. The lowest BCUT2D eigenvalue weighted by Crippen LogP contribution is -1.75. The molecule has 9 heavy (non-hydrogen) atoms. The van der Waals surface area contributed by atoms with E-state index < -0.39 is 0 Å². The van der Waals surface area contributed by atoms with Crippen molar-refractivity contribution in [3.05, 3.63) is 11.6 Å². The van der Waals surface area contributed by atoms with Gasteiger partial charge in [-0.2, -0.15) is 10.5 Å². The van der Waals surface area contributed by atoms with Crippen LogP contribution in [0.2, 0.25) is 0 Å². The first-order valence-electron chi connectivity index (χ1n) is 2.77. The molecule has 0 aliphatic rings. The van der Waals surface area contributed by atoms with E-state index in [1.807, 2.05) is 12.1 Å². The molecule has 0 aromatic rings. The van der Waals surface area contributed by atoms with Gasteiger partial charge in [-0.05, 0) is 13.3 Å². The summed E-state index contributed by atoms with van der Waals surface area (Å²) in [4.78, 5) is 0. The molecule has 0 bridgehead atoms. The van der Waals surface area contributed by atoms with Gasteiger partial charge in [-0.1, -0.05) is 6.08 Å². The van der Waals surface area contributed by atoms with Gasteiger partial charge < -0.3 is 0 Å². The number of nitriles is 2. The van der Waals surface area contributed by atoms with Crippen molar-refractivity contribution >= 4 is 0 Å². The minimum absolute atomic E-state index is 0.438. The van der Waals surface area contributed by atoms with Crippen LogP contribution >= 0.6 is 0 Å². The predicted octanol–water partition coefficient (Wildman–Crippen LogP) is 1.76. The van der Waals surface area contributed by atoms with E-state index in [1.165, 1.54) is 0 Å². The molecular weight excluding hydrogens is 112 g/mol. The summed E-state index contributed by atoms with van der Waals surface area (Å²) in [6, 6.07) is 3.97. The molecule has 0 saturated carbocycles. The highest BCUT2D eigenvalue weighted by Crippen LogP contribution is 2.00. The Bertz CT molecular complexity index is 178. The Labute approximate surface area is 55.0 Å². The van der Waals surface area contributed by atoms with Crippen LogP contribution in [0.1, 0.15) is 19.8 Å². The molecule has 0 fully saturated rings. The molecule has 0 saturated heterocycles. The van der Waals surface area contributed by atoms with Gasteiger partial charge in [0.05, 0.1) is 12.1 Å². The normalized spacial score (nSPS) is 9.89. The molecule has 0 heterocycles. The van der Waals surface area contributed by atoms with Gasteiger partial charge in [0.1, 0.15) is 0 Å². The summed E-state index contributed by atoms with van der Waals surface area (Å²) < 4.78 is 0. The van der Waals surface area contributed by atoms with E-state index in [2.05, 4.69) is 0 Å². The molecule has 0 atom stereocenters. The van der Waals surface area contributed by atoms with Crippen LogP contribution in [-0.2, 0) is 0 Å². The second-order valence-corrected chi connectivity index (χ2v) is 1.58. The van der Waals surface area contributed by atoms with Crippen LogP contribution in [0.4, 0.5) is 0 Å². The smallest absolute Gasteiger partial charge is 0.0943 e. The van der Waals surface area contributed by atoms with Crippen molar-refractivity contribution in [1.29, 1.82) is 10.5 Å². The van der Waals surface area contributed by atoms with Crippen LogP contribution in [0.25, 0.3) is 0 Å². The number of allylic oxidation sites excluding steroid dienone is 2. The third-order valence-electron chi connectivity index (χ3n) is 0.998. The highest BCUT2D eigenvalue weighted by atomic mass is 14.3. The Hall–Kier alpha value is -1.28. The third-order valence-corrected chi connectivity index (χ3v) is 0.998. The lowest BCUT2D eigenvalue weighted by atomic mass is 10.2. The van der Waals surface area contributed by atoms with Crippen molar-refractivity contribution < 1.29 is 0 Å². The van der Waals surface area contributed by atoms with Crippen LogP contribution in [0.5, 0.6) is 0 Å². The summed E-state index contributed by atoms with van der Waals surface area (Å²) in [7, 11) is 0. The Kier molecular flexibility index (Phi) is 4.18. The standard InChI is InChI=1S/C7H8N2/c1-2-7(6-9)4-3-5-8/h2H,3-4H2,1H3. The number of nitrogens with zero attached hydrogens (tertiary/aromatic N) is 2. The Morgan fingerprint density at radius 3 is 2.56 bits per heavy atom. The Balaban J connectivity index is 3.65. The van der Waals surface area contributed by atoms with Crippen LogP contribution in [0.15, 0.2) is 11.6 Å². The second kappa shape index (κ2) is 4.87. The molecule has 0 spiro atoms. The van der Waals surface area contributed by atoms with Crippen LogP contribution in [-0.4, -0.2) is 0 Å². The zero-order chi connectivity index (χ0) is 7.11. The Morgan fingerprint density at radius 1 is 1.56 bits per heavy atom. The minimum Gasteiger partial charge on any atom is -0.198 e. The van der Waals surface area contributed by atoms with Crippen LogP contribution in [0.3, 0.4) is 0 Å². The maximum atomic E-state index is 8.32. The van der Waals surface area contributed by atoms with Crippen molar-refractivity contribution in [2.75, 3.05) is 0 Å². The fraction of sp³-hybridized carbons (Fsp3) is 0.429. The van der Waals surface area contributed by atoms with Crippen molar-refractivity contribution in [1.82, 2.24) is 0 Å². The van der Waals surface area contributed by atoms with E-state index in [1.54, 1.807) is 13.0 Å². The van der Waals surface area contributed by atoms with Gasteiger partial charge in [0, 0.05) is 12.0 Å². The van der Waals surface area contributed by atoms with Gasteiger partial charge in [0.2, 0.25) is 0 Å². The molecule has 0 N–H and O–H groups in total. The molecule has 0 aliphatic carbocycles. The second-order valence-electron chi connectivity index (χ2n) is 1.58. The summed E-state index contributed by atoms with van der Waals surface area (Å²) >= 11 is 0. The van der Waals surface area contributed by atoms with E-state index in [4.69, 9.17) is 10.5 Å². The van der Waals surface area contributed by atoms with E-state index in [-0.39, 0.29) is 0 Å². The molecule has 0 aliphatic heterocycles.